The van der Waals surface area contributed by atoms with Gasteiger partial charge in [-0.25, -0.2) is 13.1 Å². The molecule has 1 unspecified atom stereocenters. The summed E-state index contributed by atoms with van der Waals surface area (Å²) in [6.07, 6.45) is 0.688. The van der Waals surface area contributed by atoms with E-state index in [1.165, 1.54) is 6.07 Å². The van der Waals surface area contributed by atoms with Crippen molar-refractivity contribution in [3.8, 4) is 17.2 Å². The average molecular weight is 377 g/mol. The fourth-order valence-corrected chi connectivity index (χ4v) is 4.16. The summed E-state index contributed by atoms with van der Waals surface area (Å²) < 4.78 is 43.6. The lowest BCUT2D eigenvalue weighted by Crippen LogP contribution is -2.38. The molecule has 2 N–H and O–H groups in total. The second kappa shape index (κ2) is 6.15. The third-order valence-corrected chi connectivity index (χ3v) is 5.97. The van der Waals surface area contributed by atoms with E-state index in [9.17, 15) is 13.5 Å². The zero-order valence-electron chi connectivity index (χ0n) is 14.2. The summed E-state index contributed by atoms with van der Waals surface area (Å²) in [6.45, 7) is 2.06. The molecule has 138 valence electrons. The van der Waals surface area contributed by atoms with Crippen LogP contribution in [0.25, 0.3) is 0 Å². The Balaban J connectivity index is 1.51. The third kappa shape index (κ3) is 3.11. The molecule has 0 aliphatic carbocycles. The minimum absolute atomic E-state index is 0.135. The van der Waals surface area contributed by atoms with Crippen molar-refractivity contribution in [2.45, 2.75) is 23.8 Å². The van der Waals surface area contributed by atoms with Crippen LogP contribution < -0.4 is 18.9 Å². The van der Waals surface area contributed by atoms with E-state index in [-0.39, 0.29) is 18.2 Å². The van der Waals surface area contributed by atoms with Crippen molar-refractivity contribution in [2.75, 3.05) is 19.9 Å². The predicted molar refractivity (Wildman–Crippen MR) is 93.0 cm³/mol. The van der Waals surface area contributed by atoms with Crippen LogP contribution in [0.15, 0.2) is 41.3 Å². The summed E-state index contributed by atoms with van der Waals surface area (Å²) in [6, 6.07) is 9.81. The minimum Gasteiger partial charge on any atom is -0.493 e. The van der Waals surface area contributed by atoms with Gasteiger partial charge in [0.15, 0.2) is 11.5 Å². The molecule has 4 rings (SSSR count). The fraction of sp³-hybridized carbons (Fsp3) is 0.333. The molecule has 0 aromatic heterocycles. The Labute approximate surface area is 151 Å². The predicted octanol–water partition coefficient (Wildman–Crippen LogP) is 1.54. The van der Waals surface area contributed by atoms with Crippen molar-refractivity contribution in [1.29, 1.82) is 0 Å². The molecule has 2 aliphatic heterocycles. The molecule has 0 spiro atoms. The van der Waals surface area contributed by atoms with Crippen LogP contribution in [-0.2, 0) is 22.0 Å². The van der Waals surface area contributed by atoms with Crippen LogP contribution in [0.5, 0.6) is 17.2 Å². The van der Waals surface area contributed by atoms with Gasteiger partial charge in [-0.15, -0.1) is 0 Å². The number of sulfonamides is 1. The van der Waals surface area contributed by atoms with Crippen LogP contribution in [0.1, 0.15) is 18.1 Å². The van der Waals surface area contributed by atoms with Gasteiger partial charge in [-0.2, -0.15) is 0 Å². The summed E-state index contributed by atoms with van der Waals surface area (Å²) in [5, 5.41) is 10.7. The molecule has 8 heteroatoms. The number of aliphatic hydroxyl groups is 1. The molecule has 26 heavy (non-hydrogen) atoms. The van der Waals surface area contributed by atoms with E-state index in [0.29, 0.717) is 30.1 Å². The van der Waals surface area contributed by atoms with E-state index in [2.05, 4.69) is 4.72 Å². The molecular weight excluding hydrogens is 358 g/mol. The summed E-state index contributed by atoms with van der Waals surface area (Å²) in [7, 11) is -3.76. The van der Waals surface area contributed by atoms with E-state index in [0.717, 1.165) is 11.3 Å². The summed E-state index contributed by atoms with van der Waals surface area (Å²) >= 11 is 0. The maximum absolute atomic E-state index is 12.6. The first-order valence-corrected chi connectivity index (χ1v) is 9.71. The first-order chi connectivity index (χ1) is 12.4. The molecule has 0 amide bonds. The highest BCUT2D eigenvalue weighted by molar-refractivity contribution is 7.89. The van der Waals surface area contributed by atoms with Crippen molar-refractivity contribution < 1.29 is 27.7 Å². The zero-order chi connectivity index (χ0) is 18.4. The molecule has 1 atom stereocenters. The Morgan fingerprint density at radius 1 is 1.08 bits per heavy atom. The van der Waals surface area contributed by atoms with Crippen LogP contribution in [0, 0.1) is 0 Å². The Morgan fingerprint density at radius 3 is 2.69 bits per heavy atom. The molecule has 0 saturated carbocycles. The average Bonchev–Trinajstić information content (AvgIpc) is 3.27. The second-order valence-corrected chi connectivity index (χ2v) is 8.30. The third-order valence-electron chi connectivity index (χ3n) is 4.57. The van der Waals surface area contributed by atoms with Gasteiger partial charge in [0.1, 0.15) is 11.4 Å². The summed E-state index contributed by atoms with van der Waals surface area (Å²) in [5.74, 6) is 1.85. The van der Waals surface area contributed by atoms with E-state index < -0.39 is 15.6 Å². The van der Waals surface area contributed by atoms with Gasteiger partial charge >= 0.3 is 0 Å². The van der Waals surface area contributed by atoms with E-state index in [1.807, 2.05) is 0 Å². The van der Waals surface area contributed by atoms with Crippen molar-refractivity contribution in [3.63, 3.8) is 0 Å². The molecule has 0 saturated heterocycles. The number of hydrogen-bond donors (Lipinski definition) is 2. The lowest BCUT2D eigenvalue weighted by Gasteiger charge is -2.24. The normalized spacial score (nSPS) is 17.5. The summed E-state index contributed by atoms with van der Waals surface area (Å²) in [5.41, 5.74) is -0.00402. The molecule has 0 radical (unpaired) electrons. The monoisotopic (exact) mass is 377 g/mol. The number of hydrogen-bond acceptors (Lipinski definition) is 6. The molecule has 2 aromatic carbocycles. The minimum atomic E-state index is -3.76. The molecule has 7 nitrogen and oxygen atoms in total. The molecular formula is C18H19NO6S. The Morgan fingerprint density at radius 2 is 1.85 bits per heavy atom. The largest absolute Gasteiger partial charge is 0.493 e. The smallest absolute Gasteiger partial charge is 0.240 e. The molecule has 0 bridgehead atoms. The van der Waals surface area contributed by atoms with Crippen molar-refractivity contribution in [1.82, 2.24) is 4.72 Å². The standard InChI is InChI=1S/C18H19NO6S/c1-18(20,13-2-4-16-17(9-13)25-11-24-16)10-19-26(21,22)14-3-5-15-12(8-14)6-7-23-15/h2-5,8-9,19-20H,6-7,10-11H2,1H3. The van der Waals surface area contributed by atoms with Gasteiger partial charge in [0.2, 0.25) is 16.8 Å². The van der Waals surface area contributed by atoms with Gasteiger partial charge in [-0.05, 0) is 48.4 Å². The number of nitrogens with one attached hydrogen (secondary N) is 1. The number of benzene rings is 2. The van der Waals surface area contributed by atoms with Crippen molar-refractivity contribution in [2.24, 2.45) is 0 Å². The number of fused-ring (bicyclic) bond motifs is 2. The second-order valence-electron chi connectivity index (χ2n) is 6.53. The SMILES string of the molecule is CC(O)(CNS(=O)(=O)c1ccc2c(c1)CCO2)c1ccc2c(c1)OCO2. The lowest BCUT2D eigenvalue weighted by molar-refractivity contribution is 0.0625. The van der Waals surface area contributed by atoms with Crippen LogP contribution >= 0.6 is 0 Å². The highest BCUT2D eigenvalue weighted by atomic mass is 32.2. The maximum Gasteiger partial charge on any atom is 0.240 e. The Kier molecular flexibility index (Phi) is 4.06. The lowest BCUT2D eigenvalue weighted by atomic mass is 9.96. The van der Waals surface area contributed by atoms with Crippen molar-refractivity contribution >= 4 is 10.0 Å². The van der Waals surface area contributed by atoms with Crippen LogP contribution in [-0.4, -0.2) is 33.5 Å². The topological polar surface area (TPSA) is 94.1 Å². The van der Waals surface area contributed by atoms with Crippen LogP contribution in [0.4, 0.5) is 0 Å². The summed E-state index contributed by atoms with van der Waals surface area (Å²) in [4.78, 5) is 0.156. The van der Waals surface area contributed by atoms with Gasteiger partial charge in [0.05, 0.1) is 11.5 Å². The fourth-order valence-electron chi connectivity index (χ4n) is 2.98. The zero-order valence-corrected chi connectivity index (χ0v) is 15.0. The highest BCUT2D eigenvalue weighted by Crippen LogP contribution is 2.35. The van der Waals surface area contributed by atoms with Gasteiger partial charge in [-0.1, -0.05) is 6.07 Å². The Hall–Kier alpha value is -2.29. The van der Waals surface area contributed by atoms with E-state index in [4.69, 9.17) is 14.2 Å². The maximum atomic E-state index is 12.6. The Bertz CT molecular complexity index is 954. The van der Waals surface area contributed by atoms with Crippen LogP contribution in [0.2, 0.25) is 0 Å². The van der Waals surface area contributed by atoms with Crippen molar-refractivity contribution in [3.05, 3.63) is 47.5 Å². The molecule has 2 aromatic rings. The van der Waals surface area contributed by atoms with Gasteiger partial charge in [0, 0.05) is 13.0 Å². The first-order valence-electron chi connectivity index (χ1n) is 8.23. The highest BCUT2D eigenvalue weighted by Gasteiger charge is 2.29. The van der Waals surface area contributed by atoms with E-state index >= 15 is 0 Å². The van der Waals surface area contributed by atoms with Crippen LogP contribution in [0.3, 0.4) is 0 Å². The number of ether oxygens (including phenoxy) is 3. The molecule has 0 fully saturated rings. The van der Waals surface area contributed by atoms with Gasteiger partial charge in [0.25, 0.3) is 0 Å². The molecule has 2 aliphatic rings. The first kappa shape index (κ1) is 17.1. The van der Waals surface area contributed by atoms with Gasteiger partial charge in [-0.3, -0.25) is 0 Å². The van der Waals surface area contributed by atoms with E-state index in [1.54, 1.807) is 37.3 Å². The molecule has 2 heterocycles. The quantitative estimate of drug-likeness (QED) is 0.821. The number of rotatable bonds is 5. The van der Waals surface area contributed by atoms with Gasteiger partial charge < -0.3 is 19.3 Å².